The largest absolute Gasteiger partial charge is 0.173 e. The van der Waals surface area contributed by atoms with Crippen LogP contribution in [0.2, 0.25) is 0 Å². The predicted octanol–water partition coefficient (Wildman–Crippen LogP) is 34.3. The van der Waals surface area contributed by atoms with Gasteiger partial charge in [-0.3, -0.25) is 0 Å². The zero-order chi connectivity index (χ0) is 72.5. The minimum absolute atomic E-state index is 0.0900. The Morgan fingerprint density at radius 1 is 0.269 bits per heavy atom. The molecule has 0 spiro atoms. The fourth-order valence-electron chi connectivity index (χ4n) is 18.7. The summed E-state index contributed by atoms with van der Waals surface area (Å²) < 4.78 is 21.4. The number of nitrogens with zero attached hydrogens (tertiary/aromatic N) is 4. The first-order valence-electron chi connectivity index (χ1n) is 45.0. The highest BCUT2D eigenvalue weighted by Gasteiger charge is 2.50. The first-order chi connectivity index (χ1) is 51.4. The van der Waals surface area contributed by atoms with Crippen molar-refractivity contribution < 1.29 is 0 Å². The molecule has 4 nitrogen and oxygen atoms in total. The maximum absolute atomic E-state index is 5.53. The number of hydrogen-bond acceptors (Lipinski definition) is 8. The SMILES string of the molecule is CCCCCCCCCCCCCCCCC1(CCCCCCCCCCCCCCCC)c2cc3c(cc2-c2c1cc(C)c1nsnc21)C(CCCCCCCCCCCCCCCC)(CCCCCCCCCCCCCCCC)c1cc(-c2ccc(/C=C/c4ccc(C)s4)s2)c2nsnc2c1-3. The third-order valence-corrected chi connectivity index (χ3v) is 28.0. The van der Waals surface area contributed by atoms with E-state index in [0.717, 1.165) is 16.6 Å². The molecule has 0 atom stereocenters. The number of unbranched alkanes of at least 4 members (excludes halogenated alkanes) is 52. The fourth-order valence-corrected chi connectivity index (χ4v) is 21.6. The standard InChI is InChI=1S/C96H148N4S4/c1-7-11-15-19-23-27-31-35-39-43-47-51-55-59-69-95(70-60-56-52-48-44-40-36-32-28-24-20-16-12-8-2)84-75-82-85(74-81(84)89-86(95)73-77(5)91-93(89)99-103-97-91)96(71-61-57-53-49-45-41-37-33-29-25-21-17-13-9-3,72-62-58-54-50-46-42-38-34-30-26-22-18-14-10-4)87-76-83(92-94(90(82)87)100-104-98-92)88-68-67-80(102-88)66-65-79-64-63-78(6)101-79/h63-68,73-76H,7-62,69-72H2,1-6H3/b66-65+. The van der Waals surface area contributed by atoms with Crippen LogP contribution in [0.5, 0.6) is 0 Å². The van der Waals surface area contributed by atoms with E-state index >= 15 is 0 Å². The minimum Gasteiger partial charge on any atom is -0.173 e. The summed E-state index contributed by atoms with van der Waals surface area (Å²) in [6, 6.07) is 20.4. The molecular weight excluding hydrogens is 1340 g/mol. The van der Waals surface area contributed by atoms with Crippen molar-refractivity contribution in [2.24, 2.45) is 0 Å². The molecule has 4 aromatic heterocycles. The van der Waals surface area contributed by atoms with Gasteiger partial charge in [0.2, 0.25) is 0 Å². The smallest absolute Gasteiger partial charge is 0.114 e. The minimum atomic E-state index is -0.143. The summed E-state index contributed by atoms with van der Waals surface area (Å²) in [6.45, 7) is 13.9. The van der Waals surface area contributed by atoms with Crippen molar-refractivity contribution in [1.82, 2.24) is 17.5 Å². The Labute approximate surface area is 654 Å². The second-order valence-corrected chi connectivity index (χ2v) is 36.9. The van der Waals surface area contributed by atoms with Crippen molar-refractivity contribution >= 4 is 80.3 Å². The first-order valence-corrected chi connectivity index (χ1v) is 48.1. The second kappa shape index (κ2) is 48.9. The summed E-state index contributed by atoms with van der Waals surface area (Å²) in [5, 5.41) is 0. The van der Waals surface area contributed by atoms with Crippen molar-refractivity contribution in [3.8, 4) is 32.7 Å². The highest BCUT2D eigenvalue weighted by molar-refractivity contribution is 7.16. The molecule has 0 fully saturated rings. The monoisotopic (exact) mass is 1490 g/mol. The molecule has 0 amide bonds. The van der Waals surface area contributed by atoms with Gasteiger partial charge in [-0.1, -0.05) is 393 Å². The summed E-state index contributed by atoms with van der Waals surface area (Å²) >= 11 is 6.70. The second-order valence-electron chi connectivity index (χ2n) is 33.4. The van der Waals surface area contributed by atoms with Crippen LogP contribution in [-0.2, 0) is 10.8 Å². The van der Waals surface area contributed by atoms with Crippen LogP contribution in [0.1, 0.15) is 455 Å². The third-order valence-electron chi connectivity index (χ3n) is 24.9. The quantitative estimate of drug-likeness (QED) is 0.0357. The Bertz CT molecular complexity index is 3410. The first kappa shape index (κ1) is 84.5. The maximum atomic E-state index is 5.53. The molecule has 7 aromatic rings. The van der Waals surface area contributed by atoms with Crippen molar-refractivity contribution in [1.29, 1.82) is 0 Å². The van der Waals surface area contributed by atoms with E-state index in [1.165, 1.54) is 467 Å². The van der Waals surface area contributed by atoms with Crippen LogP contribution in [0, 0.1) is 13.8 Å². The van der Waals surface area contributed by atoms with Gasteiger partial charge in [-0.2, -0.15) is 17.5 Å². The van der Waals surface area contributed by atoms with E-state index < -0.39 is 0 Å². The van der Waals surface area contributed by atoms with Gasteiger partial charge in [0.25, 0.3) is 0 Å². The molecule has 0 aliphatic heterocycles. The molecule has 4 heterocycles. The molecule has 0 saturated carbocycles. The molecule has 2 aliphatic carbocycles. The Balaban J connectivity index is 1.05. The number of rotatable bonds is 63. The molecule has 2 aliphatic rings. The zero-order valence-electron chi connectivity index (χ0n) is 67.6. The summed E-state index contributed by atoms with van der Waals surface area (Å²) in [5.74, 6) is 0. The van der Waals surface area contributed by atoms with E-state index in [1.54, 1.807) is 22.3 Å². The number of aryl methyl sites for hydroxylation is 2. The molecule has 3 aromatic carbocycles. The van der Waals surface area contributed by atoms with Crippen LogP contribution in [0.25, 0.3) is 66.9 Å². The fraction of sp³-hybridized carbons (Fsp3) is 0.708. The Kier molecular flexibility index (Phi) is 39.7. The third kappa shape index (κ3) is 25.5. The molecule has 0 bridgehead atoms. The van der Waals surface area contributed by atoms with E-state index in [-0.39, 0.29) is 10.8 Å². The predicted molar refractivity (Wildman–Crippen MR) is 467 cm³/mol. The zero-order valence-corrected chi connectivity index (χ0v) is 70.9. The van der Waals surface area contributed by atoms with Crippen LogP contribution < -0.4 is 0 Å². The number of thiophene rings is 2. The summed E-state index contributed by atoms with van der Waals surface area (Å²) in [6.07, 6.45) is 87.1. The lowest BCUT2D eigenvalue weighted by Crippen LogP contribution is -2.27. The van der Waals surface area contributed by atoms with Crippen molar-refractivity contribution in [2.45, 2.75) is 438 Å². The van der Waals surface area contributed by atoms with Gasteiger partial charge in [-0.15, -0.1) is 22.7 Å². The number of fused-ring (bicyclic) bond motifs is 10. The lowest BCUT2D eigenvalue weighted by molar-refractivity contribution is 0.393. The lowest BCUT2D eigenvalue weighted by Gasteiger charge is -2.35. The van der Waals surface area contributed by atoms with Gasteiger partial charge in [0.15, 0.2) is 0 Å². The maximum Gasteiger partial charge on any atom is 0.114 e. The van der Waals surface area contributed by atoms with E-state index in [0.29, 0.717) is 0 Å². The Morgan fingerprint density at radius 3 is 0.865 bits per heavy atom. The van der Waals surface area contributed by atoms with Crippen LogP contribution in [0.15, 0.2) is 48.5 Å². The number of hydrogen-bond donors (Lipinski definition) is 0. The van der Waals surface area contributed by atoms with E-state index in [4.69, 9.17) is 17.5 Å². The summed E-state index contributed by atoms with van der Waals surface area (Å²) in [5.41, 5.74) is 19.1. The molecule has 9 rings (SSSR count). The normalized spacial score (nSPS) is 13.6. The highest BCUT2D eigenvalue weighted by atomic mass is 32.1. The molecule has 104 heavy (non-hydrogen) atoms. The average Bonchev–Trinajstić information content (AvgIpc) is 1.52. The number of benzene rings is 3. The Hall–Kier alpha value is -3.56. The highest BCUT2D eigenvalue weighted by Crippen LogP contribution is 2.63. The molecule has 0 radical (unpaired) electrons. The van der Waals surface area contributed by atoms with Crippen LogP contribution in [0.4, 0.5) is 0 Å². The van der Waals surface area contributed by atoms with Crippen LogP contribution in [-0.4, -0.2) is 17.5 Å². The van der Waals surface area contributed by atoms with Gasteiger partial charge in [0.05, 0.1) is 23.5 Å². The number of aromatic nitrogens is 4. The lowest BCUT2D eigenvalue weighted by atomic mass is 9.68. The van der Waals surface area contributed by atoms with Gasteiger partial charge < -0.3 is 0 Å². The van der Waals surface area contributed by atoms with E-state index in [1.807, 2.05) is 22.7 Å². The topological polar surface area (TPSA) is 51.6 Å². The van der Waals surface area contributed by atoms with Crippen LogP contribution in [0.3, 0.4) is 0 Å². The van der Waals surface area contributed by atoms with Gasteiger partial charge in [-0.25, -0.2) is 0 Å². The van der Waals surface area contributed by atoms with Crippen molar-refractivity contribution in [2.75, 3.05) is 0 Å². The summed E-state index contributed by atoms with van der Waals surface area (Å²) in [4.78, 5) is 5.29. The summed E-state index contributed by atoms with van der Waals surface area (Å²) in [7, 11) is 0. The van der Waals surface area contributed by atoms with Crippen LogP contribution >= 0.6 is 46.1 Å². The van der Waals surface area contributed by atoms with E-state index in [9.17, 15) is 0 Å². The molecule has 0 N–H and O–H groups in total. The van der Waals surface area contributed by atoms with Gasteiger partial charge >= 0.3 is 0 Å². The van der Waals surface area contributed by atoms with Gasteiger partial charge in [-0.05, 0) is 133 Å². The van der Waals surface area contributed by atoms with Gasteiger partial charge in [0, 0.05) is 47.0 Å². The molecule has 0 unspecified atom stereocenters. The Morgan fingerprint density at radius 2 is 0.538 bits per heavy atom. The average molecular weight is 1490 g/mol. The molecule has 8 heteroatoms. The van der Waals surface area contributed by atoms with Gasteiger partial charge in [0.1, 0.15) is 22.1 Å². The molecule has 576 valence electrons. The van der Waals surface area contributed by atoms with Crippen molar-refractivity contribution in [3.63, 3.8) is 0 Å². The molecular formula is C96H148N4S4. The van der Waals surface area contributed by atoms with E-state index in [2.05, 4.69) is 102 Å². The molecule has 0 saturated heterocycles. The van der Waals surface area contributed by atoms with Crippen molar-refractivity contribution in [3.05, 3.63) is 91.0 Å².